The summed E-state index contributed by atoms with van der Waals surface area (Å²) in [7, 11) is 0. The second-order valence-corrected chi connectivity index (χ2v) is 9.14. The van der Waals surface area contributed by atoms with Gasteiger partial charge in [0, 0.05) is 5.56 Å². The van der Waals surface area contributed by atoms with Crippen LogP contribution in [0.4, 0.5) is 0 Å². The van der Waals surface area contributed by atoms with E-state index in [9.17, 15) is 9.59 Å². The lowest BCUT2D eigenvalue weighted by atomic mass is 9.87. The van der Waals surface area contributed by atoms with Crippen LogP contribution in [0, 0.1) is 13.8 Å². The molecule has 32 heavy (non-hydrogen) atoms. The summed E-state index contributed by atoms with van der Waals surface area (Å²) in [6, 6.07) is 18.6. The van der Waals surface area contributed by atoms with Gasteiger partial charge in [-0.05, 0) is 60.7 Å². The van der Waals surface area contributed by atoms with E-state index < -0.39 is 5.97 Å². The van der Waals surface area contributed by atoms with E-state index in [1.807, 2.05) is 43.3 Å². The van der Waals surface area contributed by atoms with E-state index in [0.29, 0.717) is 28.2 Å². The smallest absolute Gasteiger partial charge is 0.343 e. The lowest BCUT2D eigenvalue weighted by Gasteiger charge is -2.19. The zero-order chi connectivity index (χ0) is 23.0. The fraction of sp³-hybridized carbons (Fsp3) is 0.214. The van der Waals surface area contributed by atoms with Crippen LogP contribution >= 0.6 is 0 Å². The molecule has 0 aliphatic carbocycles. The summed E-state index contributed by atoms with van der Waals surface area (Å²) in [6.45, 7) is 10.1. The lowest BCUT2D eigenvalue weighted by molar-refractivity contribution is 0.0733. The number of esters is 1. The largest absolute Gasteiger partial charge is 0.452 e. The van der Waals surface area contributed by atoms with Crippen molar-refractivity contribution >= 4 is 17.8 Å². The highest BCUT2D eigenvalue weighted by molar-refractivity contribution is 6.15. The Hall–Kier alpha value is -3.66. The summed E-state index contributed by atoms with van der Waals surface area (Å²) in [5.74, 6) is 0.434. The second-order valence-electron chi connectivity index (χ2n) is 9.14. The highest BCUT2D eigenvalue weighted by atomic mass is 16.5. The molecular formula is C28H26O4. The van der Waals surface area contributed by atoms with Gasteiger partial charge in [-0.2, -0.15) is 0 Å². The molecule has 0 amide bonds. The van der Waals surface area contributed by atoms with Crippen LogP contribution in [0.25, 0.3) is 6.08 Å². The maximum absolute atomic E-state index is 12.8. The Morgan fingerprint density at radius 1 is 0.969 bits per heavy atom. The van der Waals surface area contributed by atoms with Crippen molar-refractivity contribution in [2.24, 2.45) is 0 Å². The molecule has 0 N–H and O–H groups in total. The average Bonchev–Trinajstić information content (AvgIpc) is 3.06. The maximum atomic E-state index is 12.8. The zero-order valence-corrected chi connectivity index (χ0v) is 19.0. The Labute approximate surface area is 188 Å². The van der Waals surface area contributed by atoms with Gasteiger partial charge >= 0.3 is 5.97 Å². The van der Waals surface area contributed by atoms with Crippen LogP contribution in [0.3, 0.4) is 0 Å². The summed E-state index contributed by atoms with van der Waals surface area (Å²) < 4.78 is 11.5. The van der Waals surface area contributed by atoms with Gasteiger partial charge in [0.05, 0.1) is 11.1 Å². The Bertz CT molecular complexity index is 1240. The van der Waals surface area contributed by atoms with Crippen molar-refractivity contribution in [3.8, 4) is 11.5 Å². The summed E-state index contributed by atoms with van der Waals surface area (Å²) in [5, 5.41) is 0. The number of rotatable bonds is 3. The molecular weight excluding hydrogens is 400 g/mol. The van der Waals surface area contributed by atoms with E-state index in [4.69, 9.17) is 9.47 Å². The van der Waals surface area contributed by atoms with Crippen LogP contribution in [0.5, 0.6) is 11.5 Å². The number of carbonyl (C=O) groups is 2. The first-order valence-electron chi connectivity index (χ1n) is 10.6. The molecule has 4 heteroatoms. The predicted molar refractivity (Wildman–Crippen MR) is 125 cm³/mol. The van der Waals surface area contributed by atoms with Gasteiger partial charge in [-0.25, -0.2) is 4.79 Å². The first kappa shape index (κ1) is 21.6. The third-order valence-corrected chi connectivity index (χ3v) is 5.57. The molecule has 1 heterocycles. The number of ketones is 1. The molecule has 0 atom stereocenters. The standard InChI is InChI=1S/C28H26O4/c1-17-7-6-8-19(15-17)16-24-25(29)22-13-14-23(18(2)26(22)31-24)32-27(30)20-9-11-21(12-10-20)28(3,4)5/h6-16H,1-5H3/b24-16-. The van der Waals surface area contributed by atoms with Gasteiger partial charge in [-0.1, -0.05) is 62.7 Å². The average molecular weight is 427 g/mol. The number of carbonyl (C=O) groups excluding carboxylic acids is 2. The van der Waals surface area contributed by atoms with Crippen LogP contribution in [-0.4, -0.2) is 11.8 Å². The molecule has 0 radical (unpaired) electrons. The van der Waals surface area contributed by atoms with Crippen molar-refractivity contribution in [1.82, 2.24) is 0 Å². The molecule has 1 aliphatic heterocycles. The van der Waals surface area contributed by atoms with Crippen LogP contribution < -0.4 is 9.47 Å². The number of hydrogen-bond acceptors (Lipinski definition) is 4. The number of fused-ring (bicyclic) bond motifs is 1. The van der Waals surface area contributed by atoms with Crippen molar-refractivity contribution in [2.75, 3.05) is 0 Å². The molecule has 0 saturated heterocycles. The molecule has 0 bridgehead atoms. The monoisotopic (exact) mass is 426 g/mol. The van der Waals surface area contributed by atoms with Gasteiger partial charge in [-0.3, -0.25) is 4.79 Å². The molecule has 162 valence electrons. The van der Waals surface area contributed by atoms with E-state index in [0.717, 1.165) is 16.7 Å². The normalized spacial score (nSPS) is 14.3. The van der Waals surface area contributed by atoms with Crippen LogP contribution in [0.2, 0.25) is 0 Å². The molecule has 0 spiro atoms. The van der Waals surface area contributed by atoms with E-state index in [1.54, 1.807) is 37.3 Å². The van der Waals surface area contributed by atoms with E-state index >= 15 is 0 Å². The molecule has 0 saturated carbocycles. The molecule has 3 aromatic rings. The fourth-order valence-corrected chi connectivity index (χ4v) is 3.65. The van der Waals surface area contributed by atoms with Crippen LogP contribution in [-0.2, 0) is 5.41 Å². The van der Waals surface area contributed by atoms with E-state index in [-0.39, 0.29) is 17.0 Å². The third kappa shape index (κ3) is 4.22. The minimum Gasteiger partial charge on any atom is -0.452 e. The number of ether oxygens (including phenoxy) is 2. The first-order valence-corrected chi connectivity index (χ1v) is 10.6. The van der Waals surface area contributed by atoms with Crippen LogP contribution in [0.1, 0.15) is 63.7 Å². The number of allylic oxidation sites excluding steroid dienone is 1. The highest BCUT2D eigenvalue weighted by Crippen LogP contribution is 2.39. The van der Waals surface area contributed by atoms with Crippen LogP contribution in [0.15, 0.2) is 66.4 Å². The summed E-state index contributed by atoms with van der Waals surface area (Å²) in [6.07, 6.45) is 1.73. The maximum Gasteiger partial charge on any atom is 0.343 e. The number of aryl methyl sites for hydroxylation is 1. The SMILES string of the molecule is Cc1cccc(/C=C2\Oc3c(ccc(OC(=O)c4ccc(C(C)(C)C)cc4)c3C)C2=O)c1. The molecule has 1 aliphatic rings. The predicted octanol–water partition coefficient (Wildman–Crippen LogP) is 6.44. The molecule has 4 rings (SSSR count). The van der Waals surface area contributed by atoms with Gasteiger partial charge in [0.15, 0.2) is 5.76 Å². The summed E-state index contributed by atoms with van der Waals surface area (Å²) in [4.78, 5) is 25.5. The van der Waals surface area contributed by atoms with Gasteiger partial charge in [-0.15, -0.1) is 0 Å². The Kier molecular flexibility index (Phi) is 5.47. The van der Waals surface area contributed by atoms with Crippen molar-refractivity contribution in [2.45, 2.75) is 40.0 Å². The molecule has 0 aromatic heterocycles. The topological polar surface area (TPSA) is 52.6 Å². The Morgan fingerprint density at radius 3 is 2.34 bits per heavy atom. The van der Waals surface area contributed by atoms with Gasteiger partial charge in [0.2, 0.25) is 5.78 Å². The summed E-state index contributed by atoms with van der Waals surface area (Å²) >= 11 is 0. The van der Waals surface area contributed by atoms with Gasteiger partial charge in [0.25, 0.3) is 0 Å². The van der Waals surface area contributed by atoms with Gasteiger partial charge in [0.1, 0.15) is 11.5 Å². The van der Waals surface area contributed by atoms with Crippen molar-refractivity contribution in [1.29, 1.82) is 0 Å². The Balaban J connectivity index is 1.57. The van der Waals surface area contributed by atoms with Crippen molar-refractivity contribution in [3.63, 3.8) is 0 Å². The second kappa shape index (κ2) is 8.12. The molecule has 0 unspecified atom stereocenters. The first-order chi connectivity index (χ1) is 15.1. The van der Waals surface area contributed by atoms with Gasteiger partial charge < -0.3 is 9.47 Å². The number of Topliss-reactive ketones (excluding diaryl/α,β-unsaturated/α-hetero) is 1. The molecule has 3 aromatic carbocycles. The minimum atomic E-state index is -0.451. The third-order valence-electron chi connectivity index (χ3n) is 5.57. The van der Waals surface area contributed by atoms with Crippen molar-refractivity contribution in [3.05, 3.63) is 99.8 Å². The highest BCUT2D eigenvalue weighted by Gasteiger charge is 2.30. The Morgan fingerprint density at radius 2 is 1.69 bits per heavy atom. The van der Waals surface area contributed by atoms with E-state index in [2.05, 4.69) is 20.8 Å². The van der Waals surface area contributed by atoms with E-state index in [1.165, 1.54) is 0 Å². The minimum absolute atomic E-state index is 0.00650. The quantitative estimate of drug-likeness (QED) is 0.275. The number of hydrogen-bond donors (Lipinski definition) is 0. The fourth-order valence-electron chi connectivity index (χ4n) is 3.65. The number of benzene rings is 3. The zero-order valence-electron chi connectivity index (χ0n) is 19.0. The lowest BCUT2D eigenvalue weighted by Crippen LogP contribution is -2.13. The molecule has 0 fully saturated rings. The summed E-state index contributed by atoms with van der Waals surface area (Å²) in [5.41, 5.74) is 4.69. The van der Waals surface area contributed by atoms with Crippen molar-refractivity contribution < 1.29 is 19.1 Å². The molecule has 4 nitrogen and oxygen atoms in total.